The molecule has 9 heteroatoms. The number of hydrogen-bond donors (Lipinski definition) is 1. The first-order valence-corrected chi connectivity index (χ1v) is 8.63. The van der Waals surface area contributed by atoms with Crippen molar-refractivity contribution in [2.75, 3.05) is 21.3 Å². The summed E-state index contributed by atoms with van der Waals surface area (Å²) < 4.78 is 19.4. The highest BCUT2D eigenvalue weighted by Gasteiger charge is 2.55. The van der Waals surface area contributed by atoms with Crippen LogP contribution in [-0.2, 0) is 39.9 Å². The average Bonchev–Trinajstić information content (AvgIpc) is 3.10. The third-order valence-electron chi connectivity index (χ3n) is 4.74. The molecule has 1 aliphatic carbocycles. The van der Waals surface area contributed by atoms with Crippen LogP contribution in [0.4, 0.5) is 4.79 Å². The topological polar surface area (TPSA) is 117 Å². The molecule has 0 saturated heterocycles. The minimum Gasteiger partial charge on any atom is -0.469 e. The zero-order valence-corrected chi connectivity index (χ0v) is 15.9. The zero-order chi connectivity index (χ0) is 20.7. The van der Waals surface area contributed by atoms with Crippen LogP contribution in [0.5, 0.6) is 0 Å². The Morgan fingerprint density at radius 2 is 1.46 bits per heavy atom. The molecule has 1 amide bonds. The Labute approximate surface area is 162 Å². The third-order valence-corrected chi connectivity index (χ3v) is 4.74. The highest BCUT2D eigenvalue weighted by molar-refractivity contribution is 5.87. The van der Waals surface area contributed by atoms with Crippen molar-refractivity contribution in [1.82, 2.24) is 5.32 Å². The van der Waals surface area contributed by atoms with E-state index in [1.54, 1.807) is 24.3 Å². The molecule has 0 spiro atoms. The fraction of sp³-hybridized carbons (Fsp3) is 0.474. The van der Waals surface area contributed by atoms with E-state index in [1.807, 2.05) is 6.07 Å². The molecule has 0 bridgehead atoms. The minimum absolute atomic E-state index is 0.00556. The Balaban J connectivity index is 2.18. The summed E-state index contributed by atoms with van der Waals surface area (Å²) in [4.78, 5) is 48.9. The van der Waals surface area contributed by atoms with E-state index < -0.39 is 47.8 Å². The fourth-order valence-corrected chi connectivity index (χ4v) is 3.39. The predicted octanol–water partition coefficient (Wildman–Crippen LogP) is 1.05. The summed E-state index contributed by atoms with van der Waals surface area (Å²) in [5.74, 6) is -5.07. The van der Waals surface area contributed by atoms with E-state index in [9.17, 15) is 19.2 Å². The number of benzene rings is 1. The molecule has 1 fully saturated rings. The number of ether oxygens (including phenoxy) is 4. The van der Waals surface area contributed by atoms with Crippen molar-refractivity contribution in [2.24, 2.45) is 17.8 Å². The molecule has 1 aromatic rings. The second-order valence-electron chi connectivity index (χ2n) is 6.28. The van der Waals surface area contributed by atoms with Crippen LogP contribution in [0.1, 0.15) is 12.0 Å². The van der Waals surface area contributed by atoms with Crippen molar-refractivity contribution < 1.29 is 38.1 Å². The molecule has 28 heavy (non-hydrogen) atoms. The second-order valence-corrected chi connectivity index (χ2v) is 6.28. The highest BCUT2D eigenvalue weighted by atomic mass is 16.6. The molecular formula is C19H23NO8. The molecule has 2 rings (SSSR count). The van der Waals surface area contributed by atoms with Crippen LogP contribution < -0.4 is 5.32 Å². The van der Waals surface area contributed by atoms with E-state index in [2.05, 4.69) is 5.32 Å². The predicted molar refractivity (Wildman–Crippen MR) is 94.7 cm³/mol. The summed E-state index contributed by atoms with van der Waals surface area (Å²) in [6, 6.07) is 7.96. The van der Waals surface area contributed by atoms with Crippen LogP contribution >= 0.6 is 0 Å². The van der Waals surface area contributed by atoms with E-state index >= 15 is 0 Å². The largest absolute Gasteiger partial charge is 0.469 e. The highest BCUT2D eigenvalue weighted by Crippen LogP contribution is 2.39. The van der Waals surface area contributed by atoms with Gasteiger partial charge in [0.25, 0.3) is 0 Å². The molecule has 152 valence electrons. The third kappa shape index (κ3) is 4.79. The number of nitrogens with one attached hydrogen (secondary N) is 1. The van der Waals surface area contributed by atoms with Crippen molar-refractivity contribution in [3.63, 3.8) is 0 Å². The zero-order valence-electron chi connectivity index (χ0n) is 15.9. The average molecular weight is 393 g/mol. The Morgan fingerprint density at radius 1 is 0.893 bits per heavy atom. The van der Waals surface area contributed by atoms with E-state index in [0.29, 0.717) is 0 Å². The number of rotatable bonds is 6. The molecule has 1 aromatic carbocycles. The molecule has 0 unspecified atom stereocenters. The first-order valence-electron chi connectivity index (χ1n) is 8.63. The van der Waals surface area contributed by atoms with Crippen molar-refractivity contribution in [1.29, 1.82) is 0 Å². The number of alkyl carbamates (subject to hydrolysis) is 1. The monoisotopic (exact) mass is 393 g/mol. The molecule has 1 aliphatic rings. The summed E-state index contributed by atoms with van der Waals surface area (Å²) >= 11 is 0. The van der Waals surface area contributed by atoms with Crippen molar-refractivity contribution in [2.45, 2.75) is 19.1 Å². The summed E-state index contributed by atoms with van der Waals surface area (Å²) in [6.07, 6.45) is -0.856. The van der Waals surface area contributed by atoms with Crippen LogP contribution in [0.3, 0.4) is 0 Å². The van der Waals surface area contributed by atoms with Crippen LogP contribution in [0, 0.1) is 17.8 Å². The van der Waals surface area contributed by atoms with Gasteiger partial charge in [-0.1, -0.05) is 30.3 Å². The van der Waals surface area contributed by atoms with E-state index in [-0.39, 0.29) is 13.0 Å². The Kier molecular flexibility index (Phi) is 7.36. The first-order chi connectivity index (χ1) is 13.4. The van der Waals surface area contributed by atoms with Gasteiger partial charge >= 0.3 is 24.0 Å². The second kappa shape index (κ2) is 9.72. The molecule has 0 radical (unpaired) electrons. The lowest BCUT2D eigenvalue weighted by molar-refractivity contribution is -0.156. The van der Waals surface area contributed by atoms with Crippen LogP contribution in [0.2, 0.25) is 0 Å². The lowest BCUT2D eigenvalue weighted by atomic mass is 9.93. The van der Waals surface area contributed by atoms with Gasteiger partial charge in [-0.15, -0.1) is 0 Å². The van der Waals surface area contributed by atoms with E-state index in [0.717, 1.165) is 12.7 Å². The van der Waals surface area contributed by atoms with Crippen LogP contribution in [0.25, 0.3) is 0 Å². The molecule has 0 heterocycles. The normalized spacial score (nSPS) is 23.4. The standard InChI is InChI=1S/C19H23NO8/c1-25-16(21)12-9-13(17(22)26-2)15(14(12)18(23)27-3)20-19(24)28-10-11-7-5-4-6-8-11/h4-8,12-15H,9-10H2,1-3H3,(H,20,24)/t12-,13+,14+,15+/m0/s1. The number of carbonyl (C=O) groups excluding carboxylic acids is 4. The van der Waals surface area contributed by atoms with Gasteiger partial charge in [-0.3, -0.25) is 14.4 Å². The number of methoxy groups -OCH3 is 3. The van der Waals surface area contributed by atoms with Gasteiger partial charge in [-0.25, -0.2) is 4.79 Å². The maximum absolute atomic E-state index is 12.3. The number of esters is 3. The van der Waals surface area contributed by atoms with Gasteiger partial charge < -0.3 is 24.3 Å². The van der Waals surface area contributed by atoms with E-state index in [4.69, 9.17) is 18.9 Å². The molecule has 1 saturated carbocycles. The van der Waals surface area contributed by atoms with Crippen molar-refractivity contribution in [3.05, 3.63) is 35.9 Å². The summed E-state index contributed by atoms with van der Waals surface area (Å²) in [5.41, 5.74) is 0.769. The van der Waals surface area contributed by atoms with E-state index in [1.165, 1.54) is 14.2 Å². The van der Waals surface area contributed by atoms with Gasteiger partial charge in [-0.2, -0.15) is 0 Å². The summed E-state index contributed by atoms with van der Waals surface area (Å²) in [5, 5.41) is 2.52. The number of carbonyl (C=O) groups is 4. The fourth-order valence-electron chi connectivity index (χ4n) is 3.39. The van der Waals surface area contributed by atoms with Gasteiger partial charge in [0.05, 0.1) is 45.1 Å². The lowest BCUT2D eigenvalue weighted by Crippen LogP contribution is -2.48. The summed E-state index contributed by atoms with van der Waals surface area (Å²) in [6.45, 7) is 0.00556. The lowest BCUT2D eigenvalue weighted by Gasteiger charge is -2.24. The van der Waals surface area contributed by atoms with Gasteiger partial charge in [0, 0.05) is 0 Å². The molecule has 9 nitrogen and oxygen atoms in total. The molecule has 0 aromatic heterocycles. The Hall–Kier alpha value is -3.10. The van der Waals surface area contributed by atoms with Gasteiger partial charge in [-0.05, 0) is 12.0 Å². The quantitative estimate of drug-likeness (QED) is 0.563. The van der Waals surface area contributed by atoms with Gasteiger partial charge in [0.15, 0.2) is 0 Å². The van der Waals surface area contributed by atoms with Crippen molar-refractivity contribution in [3.8, 4) is 0 Å². The molecule has 4 atom stereocenters. The summed E-state index contributed by atoms with van der Waals surface area (Å²) in [7, 11) is 3.53. The maximum atomic E-state index is 12.3. The molecule has 0 aliphatic heterocycles. The SMILES string of the molecule is COC(=O)[C@H]1[C@H](NC(=O)OCc2ccccc2)[C@H](C(=O)OC)C[C@@H]1C(=O)OC. The van der Waals surface area contributed by atoms with Crippen LogP contribution in [0.15, 0.2) is 30.3 Å². The number of amides is 1. The number of hydrogen-bond acceptors (Lipinski definition) is 8. The van der Waals surface area contributed by atoms with Gasteiger partial charge in [0.2, 0.25) is 0 Å². The maximum Gasteiger partial charge on any atom is 0.407 e. The Bertz CT molecular complexity index is 720. The molecular weight excluding hydrogens is 370 g/mol. The van der Waals surface area contributed by atoms with Gasteiger partial charge in [0.1, 0.15) is 6.61 Å². The van der Waals surface area contributed by atoms with Crippen LogP contribution in [-0.4, -0.2) is 51.4 Å². The smallest absolute Gasteiger partial charge is 0.407 e. The Morgan fingerprint density at radius 3 is 2.04 bits per heavy atom. The first kappa shape index (κ1) is 21.2. The van der Waals surface area contributed by atoms with Crippen molar-refractivity contribution >= 4 is 24.0 Å². The minimum atomic E-state index is -1.11. The molecule has 1 N–H and O–H groups in total.